The van der Waals surface area contributed by atoms with E-state index < -0.39 is 0 Å². The maximum atomic E-state index is 11.3. The van der Waals surface area contributed by atoms with Crippen LogP contribution in [0, 0.1) is 11.8 Å². The molecule has 0 spiro atoms. The van der Waals surface area contributed by atoms with Gasteiger partial charge in [-0.3, -0.25) is 4.79 Å². The molecule has 0 aliphatic rings. The number of carbonyl (C=O) groups is 1. The minimum Gasteiger partial charge on any atom is -0.295 e. The number of Topliss-reactive ketones (excluding diaryl/α,β-unsaturated/α-hetero) is 1. The molecule has 0 bridgehead atoms. The Morgan fingerprint density at radius 1 is 1.33 bits per heavy atom. The molecule has 0 rings (SSSR count). The van der Waals surface area contributed by atoms with Gasteiger partial charge in [0.2, 0.25) is 0 Å². The van der Waals surface area contributed by atoms with Gasteiger partial charge in [-0.15, -0.1) is 11.8 Å². The summed E-state index contributed by atoms with van der Waals surface area (Å²) in [6, 6.07) is 0. The van der Waals surface area contributed by atoms with Gasteiger partial charge < -0.3 is 0 Å². The number of ketones is 1. The SMILES string of the molecule is C=CC(C)=C(CCCC#CCC)C(C)=O. The molecule has 0 radical (unpaired) electrons. The van der Waals surface area contributed by atoms with Gasteiger partial charge in [0.1, 0.15) is 0 Å². The molecule has 0 aliphatic heterocycles. The Bertz CT molecular complexity index is 310. The lowest BCUT2D eigenvalue weighted by Gasteiger charge is -2.04. The van der Waals surface area contributed by atoms with Crippen LogP contribution in [0.2, 0.25) is 0 Å². The van der Waals surface area contributed by atoms with Gasteiger partial charge in [-0.25, -0.2) is 0 Å². The summed E-state index contributed by atoms with van der Waals surface area (Å²) >= 11 is 0. The normalized spacial score (nSPS) is 11.1. The molecule has 82 valence electrons. The zero-order valence-corrected chi connectivity index (χ0v) is 10.0. The topological polar surface area (TPSA) is 17.1 Å². The first-order valence-electron chi connectivity index (χ1n) is 5.42. The summed E-state index contributed by atoms with van der Waals surface area (Å²) in [6.45, 7) is 9.26. The molecule has 1 nitrogen and oxygen atoms in total. The Morgan fingerprint density at radius 3 is 2.47 bits per heavy atom. The molecule has 0 saturated carbocycles. The summed E-state index contributed by atoms with van der Waals surface area (Å²) in [5.74, 6) is 6.25. The van der Waals surface area contributed by atoms with Crippen molar-refractivity contribution in [3.8, 4) is 11.8 Å². The number of rotatable bonds is 5. The number of hydrogen-bond donors (Lipinski definition) is 0. The summed E-state index contributed by atoms with van der Waals surface area (Å²) in [5, 5.41) is 0. The molecule has 0 saturated heterocycles. The molecule has 15 heavy (non-hydrogen) atoms. The van der Waals surface area contributed by atoms with E-state index in [0.717, 1.165) is 36.8 Å². The van der Waals surface area contributed by atoms with Crippen LogP contribution in [0.1, 0.15) is 46.5 Å². The molecular weight excluding hydrogens is 184 g/mol. The lowest BCUT2D eigenvalue weighted by Crippen LogP contribution is -1.99. The quantitative estimate of drug-likeness (QED) is 0.289. The van der Waals surface area contributed by atoms with Crippen LogP contribution in [0.3, 0.4) is 0 Å². The van der Waals surface area contributed by atoms with Crippen molar-refractivity contribution >= 4 is 5.78 Å². The summed E-state index contributed by atoms with van der Waals surface area (Å²) < 4.78 is 0. The Balaban J connectivity index is 4.22. The number of carbonyl (C=O) groups excluding carboxylic acids is 1. The number of unbranched alkanes of at least 4 members (excludes halogenated alkanes) is 1. The minimum absolute atomic E-state index is 0.149. The fraction of sp³-hybridized carbons (Fsp3) is 0.500. The Labute approximate surface area is 93.3 Å². The molecule has 0 atom stereocenters. The molecular formula is C14H20O. The highest BCUT2D eigenvalue weighted by molar-refractivity contribution is 5.94. The van der Waals surface area contributed by atoms with Gasteiger partial charge in [0, 0.05) is 12.8 Å². The van der Waals surface area contributed by atoms with Crippen LogP contribution in [0.25, 0.3) is 0 Å². The summed E-state index contributed by atoms with van der Waals surface area (Å²) in [7, 11) is 0. The Kier molecular flexibility index (Phi) is 7.36. The maximum absolute atomic E-state index is 11.3. The zero-order valence-electron chi connectivity index (χ0n) is 10.0. The zero-order chi connectivity index (χ0) is 11.7. The molecule has 0 unspecified atom stereocenters. The van der Waals surface area contributed by atoms with Gasteiger partial charge in [0.25, 0.3) is 0 Å². The van der Waals surface area contributed by atoms with Crippen molar-refractivity contribution in [1.82, 2.24) is 0 Å². The summed E-state index contributed by atoms with van der Waals surface area (Å²) in [4.78, 5) is 11.3. The van der Waals surface area contributed by atoms with Gasteiger partial charge in [0.15, 0.2) is 5.78 Å². The van der Waals surface area contributed by atoms with E-state index in [-0.39, 0.29) is 5.78 Å². The highest BCUT2D eigenvalue weighted by atomic mass is 16.1. The smallest absolute Gasteiger partial charge is 0.156 e. The highest BCUT2D eigenvalue weighted by Crippen LogP contribution is 2.14. The van der Waals surface area contributed by atoms with Gasteiger partial charge in [-0.1, -0.05) is 19.6 Å². The predicted molar refractivity (Wildman–Crippen MR) is 65.5 cm³/mol. The fourth-order valence-electron chi connectivity index (χ4n) is 1.34. The van der Waals surface area contributed by atoms with Gasteiger partial charge >= 0.3 is 0 Å². The second-order valence-electron chi connectivity index (χ2n) is 3.48. The van der Waals surface area contributed by atoms with Crippen molar-refractivity contribution in [1.29, 1.82) is 0 Å². The van der Waals surface area contributed by atoms with Crippen molar-refractivity contribution in [3.63, 3.8) is 0 Å². The van der Waals surface area contributed by atoms with Gasteiger partial charge in [-0.2, -0.15) is 0 Å². The van der Waals surface area contributed by atoms with Crippen LogP contribution in [-0.2, 0) is 4.79 Å². The van der Waals surface area contributed by atoms with Crippen LogP contribution in [0.15, 0.2) is 23.8 Å². The lowest BCUT2D eigenvalue weighted by atomic mass is 10.00. The van der Waals surface area contributed by atoms with Crippen molar-refractivity contribution in [2.24, 2.45) is 0 Å². The standard InChI is InChI=1S/C14H20O/c1-5-7-8-9-10-11-14(13(4)15)12(3)6-2/h6H,2,5,9-11H2,1,3-4H3. The Hall–Kier alpha value is -1.29. The summed E-state index contributed by atoms with van der Waals surface area (Å²) in [6.07, 6.45) is 5.28. The molecule has 0 heterocycles. The first kappa shape index (κ1) is 13.7. The largest absolute Gasteiger partial charge is 0.295 e. The van der Waals surface area contributed by atoms with Gasteiger partial charge in [-0.05, 0) is 37.8 Å². The molecule has 0 aromatic rings. The van der Waals surface area contributed by atoms with Crippen molar-refractivity contribution in [2.45, 2.75) is 46.5 Å². The second-order valence-corrected chi connectivity index (χ2v) is 3.48. The van der Waals surface area contributed by atoms with Crippen molar-refractivity contribution in [2.75, 3.05) is 0 Å². The van der Waals surface area contributed by atoms with E-state index in [0.29, 0.717) is 0 Å². The van der Waals surface area contributed by atoms with E-state index in [4.69, 9.17) is 0 Å². The maximum Gasteiger partial charge on any atom is 0.156 e. The van der Waals surface area contributed by atoms with E-state index in [1.54, 1.807) is 13.0 Å². The van der Waals surface area contributed by atoms with Crippen molar-refractivity contribution in [3.05, 3.63) is 23.8 Å². The number of hydrogen-bond acceptors (Lipinski definition) is 1. The van der Waals surface area contributed by atoms with E-state index in [1.807, 2.05) is 13.8 Å². The minimum atomic E-state index is 0.149. The predicted octanol–water partition coefficient (Wildman–Crippen LogP) is 3.66. The van der Waals surface area contributed by atoms with Crippen LogP contribution in [0.5, 0.6) is 0 Å². The fourth-order valence-corrected chi connectivity index (χ4v) is 1.34. The number of allylic oxidation sites excluding steroid dienone is 3. The monoisotopic (exact) mass is 204 g/mol. The second kappa shape index (κ2) is 8.05. The van der Waals surface area contributed by atoms with E-state index in [1.165, 1.54) is 0 Å². The third-order valence-electron chi connectivity index (χ3n) is 2.24. The van der Waals surface area contributed by atoms with E-state index in [2.05, 4.69) is 18.4 Å². The first-order chi connectivity index (χ1) is 7.13. The molecule has 0 N–H and O–H groups in total. The average molecular weight is 204 g/mol. The third kappa shape index (κ3) is 5.91. The van der Waals surface area contributed by atoms with Crippen LogP contribution in [-0.4, -0.2) is 5.78 Å². The van der Waals surface area contributed by atoms with Gasteiger partial charge in [0.05, 0.1) is 0 Å². The van der Waals surface area contributed by atoms with Crippen molar-refractivity contribution < 1.29 is 4.79 Å². The van der Waals surface area contributed by atoms with Crippen LogP contribution >= 0.6 is 0 Å². The van der Waals surface area contributed by atoms with E-state index in [9.17, 15) is 4.79 Å². The third-order valence-corrected chi connectivity index (χ3v) is 2.24. The summed E-state index contributed by atoms with van der Waals surface area (Å²) in [5.41, 5.74) is 1.88. The van der Waals surface area contributed by atoms with Crippen LogP contribution < -0.4 is 0 Å². The average Bonchev–Trinajstić information content (AvgIpc) is 2.22. The molecule has 0 aromatic heterocycles. The molecule has 0 amide bonds. The molecule has 0 aliphatic carbocycles. The Morgan fingerprint density at radius 2 is 2.00 bits per heavy atom. The lowest BCUT2D eigenvalue weighted by molar-refractivity contribution is -0.113. The molecule has 1 heteroatoms. The van der Waals surface area contributed by atoms with Crippen LogP contribution in [0.4, 0.5) is 0 Å². The highest BCUT2D eigenvalue weighted by Gasteiger charge is 2.05. The molecule has 0 fully saturated rings. The first-order valence-corrected chi connectivity index (χ1v) is 5.42. The molecule has 0 aromatic carbocycles. The van der Waals surface area contributed by atoms with E-state index >= 15 is 0 Å².